The summed E-state index contributed by atoms with van der Waals surface area (Å²) in [5.74, 6) is 1.17. The van der Waals surface area contributed by atoms with Crippen LogP contribution in [0.2, 0.25) is 0 Å². The molecule has 5 aliphatic rings. The van der Waals surface area contributed by atoms with E-state index in [1.807, 2.05) is 45.9 Å². The van der Waals surface area contributed by atoms with Crippen LogP contribution in [0.15, 0.2) is 76.6 Å². The number of amides is 2. The largest absolute Gasteiger partial charge is 0.486 e. The number of aliphatic hydroxyl groups is 1. The summed E-state index contributed by atoms with van der Waals surface area (Å²) in [6.45, 7) is 19.0. The smallest absolute Gasteiger partial charge is 0.457 e. The number of nitrogens with zero attached hydrogens (tertiary/aromatic N) is 1. The van der Waals surface area contributed by atoms with Crippen LogP contribution in [0.1, 0.15) is 97.3 Å². The normalized spacial score (nSPS) is 17.6. The number of hydrogen-bond donors (Lipinski definition) is 1. The predicted molar refractivity (Wildman–Crippen MR) is 225 cm³/mol. The Bertz CT molecular complexity index is 1830. The van der Waals surface area contributed by atoms with Crippen molar-refractivity contribution in [3.63, 3.8) is 0 Å². The topological polar surface area (TPSA) is 121 Å². The molecule has 55 heavy (non-hydrogen) atoms. The number of fused-ring (bicyclic) bond motifs is 3. The number of ether oxygens (including phenoxy) is 3. The van der Waals surface area contributed by atoms with Crippen LogP contribution in [0.25, 0.3) is 6.08 Å². The van der Waals surface area contributed by atoms with Gasteiger partial charge in [0, 0.05) is 34.0 Å². The summed E-state index contributed by atoms with van der Waals surface area (Å²) >= 11 is 9.61. The van der Waals surface area contributed by atoms with Crippen molar-refractivity contribution in [1.82, 2.24) is 3.93 Å². The SMILES string of the molecule is C.C=CB1OC(C)(C)C(C)(C)O1.C=Cc1ccc2c(c1)COC2.O=C1CCC(=O)N1Br.O=C1OCc2cc(Br)ccc21.OCCc1cc2c(cc1Br)COC2. The molecule has 5 aliphatic heterocycles. The van der Waals surface area contributed by atoms with Gasteiger partial charge in [-0.3, -0.25) is 9.59 Å². The number of imide groups is 1. The van der Waals surface area contributed by atoms with Crippen molar-refractivity contribution < 1.29 is 43.0 Å². The van der Waals surface area contributed by atoms with Gasteiger partial charge in [0.15, 0.2) is 0 Å². The first-order valence-electron chi connectivity index (χ1n) is 17.3. The highest BCUT2D eigenvalue weighted by atomic mass is 79.9. The highest BCUT2D eigenvalue weighted by Crippen LogP contribution is 2.36. The van der Waals surface area contributed by atoms with E-state index in [0.29, 0.717) is 44.6 Å². The number of hydrogen-bond acceptors (Lipinski definition) is 9. The number of aliphatic hydroxyl groups excluding tert-OH is 1. The van der Waals surface area contributed by atoms with E-state index in [0.717, 1.165) is 37.2 Å². The second kappa shape index (κ2) is 21.0. The van der Waals surface area contributed by atoms with Crippen molar-refractivity contribution in [3.8, 4) is 0 Å². The minimum atomic E-state index is -0.250. The quantitative estimate of drug-likeness (QED) is 0.118. The van der Waals surface area contributed by atoms with E-state index in [1.165, 1.54) is 27.8 Å². The average Bonchev–Trinajstić information content (AvgIpc) is 3.97. The van der Waals surface area contributed by atoms with Crippen LogP contribution in [-0.4, -0.2) is 51.7 Å². The van der Waals surface area contributed by atoms with E-state index in [-0.39, 0.29) is 50.1 Å². The molecule has 296 valence electrons. The van der Waals surface area contributed by atoms with Gasteiger partial charge in [-0.15, -0.1) is 6.58 Å². The third-order valence-electron chi connectivity index (χ3n) is 9.35. The van der Waals surface area contributed by atoms with Crippen LogP contribution >= 0.6 is 48.0 Å². The third kappa shape index (κ3) is 12.5. The van der Waals surface area contributed by atoms with E-state index in [1.54, 1.807) is 12.0 Å². The number of cyclic esters (lactones) is 1. The Morgan fingerprint density at radius 1 is 0.782 bits per heavy atom. The van der Waals surface area contributed by atoms with Gasteiger partial charge in [-0.1, -0.05) is 76.1 Å². The molecule has 14 heteroatoms. The van der Waals surface area contributed by atoms with Crippen LogP contribution in [0.5, 0.6) is 0 Å². The highest BCUT2D eigenvalue weighted by Gasteiger charge is 2.49. The summed E-state index contributed by atoms with van der Waals surface area (Å²) in [4.78, 5) is 31.8. The molecule has 0 radical (unpaired) electrons. The fourth-order valence-corrected chi connectivity index (χ4v) is 6.87. The molecule has 0 bridgehead atoms. The van der Waals surface area contributed by atoms with Gasteiger partial charge in [0.05, 0.1) is 59.3 Å². The van der Waals surface area contributed by atoms with Crippen LogP contribution in [0, 0.1) is 0 Å². The predicted octanol–water partition coefficient (Wildman–Crippen LogP) is 9.38. The van der Waals surface area contributed by atoms with Gasteiger partial charge < -0.3 is 28.6 Å². The summed E-state index contributed by atoms with van der Waals surface area (Å²) in [5.41, 5.74) is 8.66. The fourth-order valence-electron chi connectivity index (χ4n) is 5.52. The standard InChI is InChI=1S/C10H11BrO2.C10H10O.C8H15BO2.C8H5BrO2.C4H4BrNO2.CH4/c11-10-4-9-6-13-5-8(9)3-7(10)1-2-12;1-2-8-3-4-9-6-11-7-10(9)5-8;1-6-9-10-7(2,3)8(4,5)11-9;9-6-1-2-7-5(3-6)4-11-8(7)10;5-6-3(7)1-2-4(6)8;/h3-4,12H,1-2,5-6H2;2-5H,1,6-7H2;6H,1H2,2-5H3;1-3H,4H2;1-2H2;1H4. The second-order valence-corrected chi connectivity index (χ2v) is 16.2. The Labute approximate surface area is 350 Å². The lowest BCUT2D eigenvalue weighted by molar-refractivity contribution is -0.131. The maximum atomic E-state index is 10.9. The number of halogens is 3. The fraction of sp³-hybridized carbons (Fsp3) is 0.390. The summed E-state index contributed by atoms with van der Waals surface area (Å²) in [7, 11) is -0.250. The first-order valence-corrected chi connectivity index (χ1v) is 19.6. The van der Waals surface area contributed by atoms with Crippen molar-refractivity contribution in [2.24, 2.45) is 0 Å². The van der Waals surface area contributed by atoms with Gasteiger partial charge in [-0.2, -0.15) is 0 Å². The zero-order valence-electron chi connectivity index (χ0n) is 30.9. The molecule has 0 aromatic heterocycles. The lowest BCUT2D eigenvalue weighted by Gasteiger charge is -2.32. The van der Waals surface area contributed by atoms with E-state index in [9.17, 15) is 14.4 Å². The minimum absolute atomic E-state index is 0. The Morgan fingerprint density at radius 3 is 1.85 bits per heavy atom. The van der Waals surface area contributed by atoms with Gasteiger partial charge in [-0.05, 0) is 97.8 Å². The molecule has 0 saturated carbocycles. The lowest BCUT2D eigenvalue weighted by Crippen LogP contribution is -2.41. The number of benzene rings is 3. The maximum absolute atomic E-state index is 10.9. The summed E-state index contributed by atoms with van der Waals surface area (Å²) in [5, 5.41) is 8.84. The summed E-state index contributed by atoms with van der Waals surface area (Å²) in [6, 6.07) is 16.0. The highest BCUT2D eigenvalue weighted by molar-refractivity contribution is 9.10. The van der Waals surface area contributed by atoms with E-state index in [4.69, 9.17) is 28.6 Å². The van der Waals surface area contributed by atoms with Gasteiger partial charge in [0.25, 0.3) is 0 Å². The van der Waals surface area contributed by atoms with E-state index in [2.05, 4.69) is 91.5 Å². The van der Waals surface area contributed by atoms with Crippen molar-refractivity contribution in [1.29, 1.82) is 0 Å². The van der Waals surface area contributed by atoms with Crippen LogP contribution < -0.4 is 0 Å². The molecule has 0 aliphatic carbocycles. The minimum Gasteiger partial charge on any atom is -0.457 e. The zero-order valence-corrected chi connectivity index (χ0v) is 35.7. The molecular weight excluding hydrogens is 901 g/mol. The number of carbonyl (C=O) groups excluding carboxylic acids is 3. The van der Waals surface area contributed by atoms with Gasteiger partial charge in [-0.25, -0.2) is 8.72 Å². The molecule has 0 spiro atoms. The Hall–Kier alpha value is -2.95. The van der Waals surface area contributed by atoms with E-state index >= 15 is 0 Å². The first kappa shape index (κ1) is 46.4. The molecule has 5 heterocycles. The lowest BCUT2D eigenvalue weighted by atomic mass is 9.90. The average molecular weight is 950 g/mol. The maximum Gasteiger partial charge on any atom is 0.486 e. The van der Waals surface area contributed by atoms with Gasteiger partial charge >= 0.3 is 13.1 Å². The van der Waals surface area contributed by atoms with Crippen LogP contribution in [0.3, 0.4) is 0 Å². The van der Waals surface area contributed by atoms with Crippen molar-refractivity contribution >= 4 is 79.0 Å². The second-order valence-electron chi connectivity index (χ2n) is 13.7. The Balaban J connectivity index is 0.000000185. The van der Waals surface area contributed by atoms with Crippen molar-refractivity contribution in [3.05, 3.63) is 121 Å². The summed E-state index contributed by atoms with van der Waals surface area (Å²) in [6.07, 6.45) is 3.26. The first-order chi connectivity index (χ1) is 25.6. The molecule has 2 amide bonds. The molecule has 2 saturated heterocycles. The van der Waals surface area contributed by atoms with Crippen LogP contribution in [-0.2, 0) is 72.6 Å². The molecule has 3 aromatic carbocycles. The van der Waals surface area contributed by atoms with E-state index < -0.39 is 0 Å². The molecular formula is C41H49BBr3NO9. The molecule has 10 nitrogen and oxygen atoms in total. The number of esters is 1. The molecule has 3 aromatic rings. The molecule has 2 fully saturated rings. The number of rotatable bonds is 4. The van der Waals surface area contributed by atoms with Crippen molar-refractivity contribution in [2.45, 2.75) is 98.6 Å². The monoisotopic (exact) mass is 947 g/mol. The van der Waals surface area contributed by atoms with Crippen LogP contribution in [0.4, 0.5) is 0 Å². The number of carbonyl (C=O) groups is 3. The molecule has 8 rings (SSSR count). The van der Waals surface area contributed by atoms with Gasteiger partial charge in [0.1, 0.15) is 6.61 Å². The molecule has 0 unspecified atom stereocenters. The molecule has 0 atom stereocenters. The zero-order chi connectivity index (χ0) is 39.6. The third-order valence-corrected chi connectivity index (χ3v) is 11.4. The Morgan fingerprint density at radius 2 is 1.35 bits per heavy atom. The van der Waals surface area contributed by atoms with Gasteiger partial charge in [0.2, 0.25) is 11.8 Å². The molecule has 1 N–H and O–H groups in total. The Kier molecular flexibility index (Phi) is 17.7. The summed E-state index contributed by atoms with van der Waals surface area (Å²) < 4.78 is 29.6. The van der Waals surface area contributed by atoms with Crippen molar-refractivity contribution in [2.75, 3.05) is 6.61 Å².